The largest absolute Gasteiger partial charge is 0.493 e. The second kappa shape index (κ2) is 7.19. The highest BCUT2D eigenvalue weighted by molar-refractivity contribution is 7.10. The van der Waals surface area contributed by atoms with Gasteiger partial charge in [0, 0.05) is 15.8 Å². The van der Waals surface area contributed by atoms with Crippen LogP contribution in [0.5, 0.6) is 5.75 Å². The lowest BCUT2D eigenvalue weighted by Crippen LogP contribution is -2.40. The average Bonchev–Trinajstić information content (AvgIpc) is 3.45. The summed E-state index contributed by atoms with van der Waals surface area (Å²) in [6.45, 7) is 0.0389. The zero-order valence-corrected chi connectivity index (χ0v) is 16.1. The van der Waals surface area contributed by atoms with Gasteiger partial charge in [0.1, 0.15) is 5.60 Å². The van der Waals surface area contributed by atoms with Gasteiger partial charge in [-0.3, -0.25) is 4.79 Å². The van der Waals surface area contributed by atoms with Gasteiger partial charge in [0.05, 0.1) is 13.7 Å². The summed E-state index contributed by atoms with van der Waals surface area (Å²) in [5.74, 6) is 0.353. The van der Waals surface area contributed by atoms with E-state index in [1.54, 1.807) is 19.2 Å². The van der Waals surface area contributed by atoms with Crippen molar-refractivity contribution in [3.05, 3.63) is 74.8 Å². The highest BCUT2D eigenvalue weighted by atomic mass is 32.1. The lowest BCUT2D eigenvalue weighted by atomic mass is 9.94. The van der Waals surface area contributed by atoms with Crippen LogP contribution in [0.1, 0.15) is 21.0 Å². The Morgan fingerprint density at radius 1 is 1.26 bits per heavy atom. The summed E-state index contributed by atoms with van der Waals surface area (Å²) >= 11 is 2.95. The molecule has 0 aliphatic heterocycles. The fourth-order valence-corrected chi connectivity index (χ4v) is 4.52. The van der Waals surface area contributed by atoms with Crippen molar-refractivity contribution in [3.8, 4) is 5.75 Å². The first-order chi connectivity index (χ1) is 13.1. The molecule has 0 aliphatic rings. The molecule has 4 rings (SSSR count). The Bertz CT molecular complexity index is 1020. The molecular weight excluding hydrogens is 382 g/mol. The summed E-state index contributed by atoms with van der Waals surface area (Å²) < 4.78 is 11.0. The van der Waals surface area contributed by atoms with E-state index < -0.39 is 11.5 Å². The van der Waals surface area contributed by atoms with Crippen molar-refractivity contribution in [1.29, 1.82) is 0 Å². The molecule has 0 fully saturated rings. The third-order valence-electron chi connectivity index (χ3n) is 4.38. The topological polar surface area (TPSA) is 71.7 Å². The molecular formula is C20H17NO4S2. The van der Waals surface area contributed by atoms with Crippen LogP contribution in [0, 0.1) is 0 Å². The van der Waals surface area contributed by atoms with Crippen LogP contribution in [0.15, 0.2) is 63.0 Å². The van der Waals surface area contributed by atoms with E-state index in [-0.39, 0.29) is 12.3 Å². The standard InChI is InChI=1S/C20H17NO4S2/c1-24-15-5-2-4-13-10-16(25-18(13)15)19(22)21-12-20(23,14-7-9-26-11-14)17-6-3-8-27-17/h2-11,23H,12H2,1H3,(H,21,22). The van der Waals surface area contributed by atoms with Crippen molar-refractivity contribution in [2.24, 2.45) is 0 Å². The van der Waals surface area contributed by atoms with Crippen LogP contribution >= 0.6 is 22.7 Å². The van der Waals surface area contributed by atoms with Crippen LogP contribution in [0.2, 0.25) is 0 Å². The minimum absolute atomic E-state index is 0.0389. The van der Waals surface area contributed by atoms with Crippen LogP contribution in [0.3, 0.4) is 0 Å². The molecule has 4 aromatic rings. The van der Waals surface area contributed by atoms with E-state index in [0.29, 0.717) is 11.3 Å². The minimum atomic E-state index is -1.28. The fraction of sp³-hybridized carbons (Fsp3) is 0.150. The zero-order valence-electron chi connectivity index (χ0n) is 14.5. The Hall–Kier alpha value is -2.61. The summed E-state index contributed by atoms with van der Waals surface area (Å²) in [7, 11) is 1.55. The van der Waals surface area contributed by atoms with Gasteiger partial charge >= 0.3 is 0 Å². The van der Waals surface area contributed by atoms with Crippen LogP contribution < -0.4 is 10.1 Å². The molecule has 0 spiro atoms. The molecule has 1 amide bonds. The normalized spacial score (nSPS) is 13.4. The number of thiophene rings is 2. The number of fused-ring (bicyclic) bond motifs is 1. The van der Waals surface area contributed by atoms with E-state index in [4.69, 9.17) is 9.15 Å². The maximum atomic E-state index is 12.6. The van der Waals surface area contributed by atoms with Crippen molar-refractivity contribution in [3.63, 3.8) is 0 Å². The fourth-order valence-electron chi connectivity index (χ4n) is 2.95. The maximum absolute atomic E-state index is 12.6. The highest BCUT2D eigenvalue weighted by Crippen LogP contribution is 2.34. The van der Waals surface area contributed by atoms with Crippen molar-refractivity contribution in [1.82, 2.24) is 5.32 Å². The molecule has 1 unspecified atom stereocenters. The predicted molar refractivity (Wildman–Crippen MR) is 107 cm³/mol. The Labute approximate surface area is 163 Å². The molecule has 3 aromatic heterocycles. The van der Waals surface area contributed by atoms with Crippen LogP contribution in [0.25, 0.3) is 11.0 Å². The van der Waals surface area contributed by atoms with Crippen molar-refractivity contribution in [2.45, 2.75) is 5.60 Å². The number of nitrogens with one attached hydrogen (secondary N) is 1. The summed E-state index contributed by atoms with van der Waals surface area (Å²) in [4.78, 5) is 13.4. The van der Waals surface area contributed by atoms with E-state index >= 15 is 0 Å². The van der Waals surface area contributed by atoms with Gasteiger partial charge in [0.25, 0.3) is 5.91 Å². The molecule has 0 bridgehead atoms. The Balaban J connectivity index is 1.59. The van der Waals surface area contributed by atoms with Gasteiger partial charge in [-0.25, -0.2) is 0 Å². The molecule has 3 heterocycles. The molecule has 0 saturated heterocycles. The highest BCUT2D eigenvalue weighted by Gasteiger charge is 2.34. The van der Waals surface area contributed by atoms with Gasteiger partial charge in [0.2, 0.25) is 0 Å². The zero-order chi connectivity index (χ0) is 18.9. The van der Waals surface area contributed by atoms with Crippen LogP contribution in [-0.4, -0.2) is 24.7 Å². The van der Waals surface area contributed by atoms with Crippen LogP contribution in [-0.2, 0) is 5.60 Å². The molecule has 1 aromatic carbocycles. The number of furan rings is 1. The molecule has 138 valence electrons. The molecule has 27 heavy (non-hydrogen) atoms. The van der Waals surface area contributed by atoms with Gasteiger partial charge in [0.15, 0.2) is 17.1 Å². The molecule has 1 atom stereocenters. The second-order valence-electron chi connectivity index (χ2n) is 6.02. The second-order valence-corrected chi connectivity index (χ2v) is 7.75. The number of benzene rings is 1. The van der Waals surface area contributed by atoms with Gasteiger partial charge in [-0.15, -0.1) is 11.3 Å². The van der Waals surface area contributed by atoms with E-state index in [9.17, 15) is 9.90 Å². The molecule has 0 saturated carbocycles. The van der Waals surface area contributed by atoms with Gasteiger partial charge in [-0.05, 0) is 40.4 Å². The average molecular weight is 399 g/mol. The molecule has 0 radical (unpaired) electrons. The van der Waals surface area contributed by atoms with Gasteiger partial charge in [-0.1, -0.05) is 18.2 Å². The van der Waals surface area contributed by atoms with Crippen molar-refractivity contribution < 1.29 is 19.1 Å². The lowest BCUT2D eigenvalue weighted by molar-refractivity contribution is 0.0707. The van der Waals surface area contributed by atoms with Crippen LogP contribution in [0.4, 0.5) is 0 Å². The van der Waals surface area contributed by atoms with Gasteiger partial charge < -0.3 is 19.6 Å². The number of rotatable bonds is 6. The smallest absolute Gasteiger partial charge is 0.287 e. The number of hydrogen-bond donors (Lipinski definition) is 2. The van der Waals surface area contributed by atoms with E-state index in [0.717, 1.165) is 15.8 Å². The molecule has 2 N–H and O–H groups in total. The number of carbonyl (C=O) groups is 1. The summed E-state index contributed by atoms with van der Waals surface area (Å²) in [6, 6.07) is 12.7. The predicted octanol–water partition coefficient (Wildman–Crippen LogP) is 4.23. The third kappa shape index (κ3) is 3.25. The number of hydrogen-bond acceptors (Lipinski definition) is 6. The number of carbonyl (C=O) groups excluding carboxylic acids is 1. The van der Waals surface area contributed by atoms with Crippen molar-refractivity contribution >= 4 is 39.5 Å². The maximum Gasteiger partial charge on any atom is 0.287 e. The first-order valence-electron chi connectivity index (χ1n) is 8.25. The number of para-hydroxylation sites is 1. The lowest BCUT2D eigenvalue weighted by Gasteiger charge is -2.26. The number of ether oxygens (including phenoxy) is 1. The number of aliphatic hydroxyl groups is 1. The molecule has 5 nitrogen and oxygen atoms in total. The Kier molecular flexibility index (Phi) is 4.73. The Morgan fingerprint density at radius 3 is 2.85 bits per heavy atom. The summed E-state index contributed by atoms with van der Waals surface area (Å²) in [5, 5.41) is 20.6. The van der Waals surface area contributed by atoms with E-state index in [1.165, 1.54) is 22.7 Å². The summed E-state index contributed by atoms with van der Waals surface area (Å²) in [6.07, 6.45) is 0. The quantitative estimate of drug-likeness (QED) is 0.509. The molecule has 0 aliphatic carbocycles. The Morgan fingerprint density at radius 2 is 2.15 bits per heavy atom. The number of methoxy groups -OCH3 is 1. The number of amides is 1. The van der Waals surface area contributed by atoms with E-state index in [1.807, 2.05) is 46.5 Å². The van der Waals surface area contributed by atoms with Gasteiger partial charge in [-0.2, -0.15) is 11.3 Å². The third-order valence-corrected chi connectivity index (χ3v) is 6.09. The first-order valence-corrected chi connectivity index (χ1v) is 10.1. The minimum Gasteiger partial charge on any atom is -0.493 e. The molecule has 7 heteroatoms. The van der Waals surface area contributed by atoms with E-state index in [2.05, 4.69) is 5.32 Å². The SMILES string of the molecule is COc1cccc2cc(C(=O)NCC(O)(c3ccsc3)c3cccs3)oc12. The first kappa shape index (κ1) is 17.8. The van der Waals surface area contributed by atoms with Crippen molar-refractivity contribution in [2.75, 3.05) is 13.7 Å². The summed E-state index contributed by atoms with van der Waals surface area (Å²) in [5.41, 5.74) is -0.00824. The monoisotopic (exact) mass is 399 g/mol.